The van der Waals surface area contributed by atoms with Crippen LogP contribution >= 0.6 is 0 Å². The van der Waals surface area contributed by atoms with Crippen molar-refractivity contribution in [2.45, 2.75) is 26.1 Å². The van der Waals surface area contributed by atoms with Crippen LogP contribution in [-0.4, -0.2) is 17.4 Å². The number of ether oxygens (including phenoxy) is 1. The Morgan fingerprint density at radius 2 is 2.08 bits per heavy atom. The Kier molecular flexibility index (Phi) is 5.05. The van der Waals surface area contributed by atoms with Crippen molar-refractivity contribution in [3.05, 3.63) is 64.8 Å². The van der Waals surface area contributed by atoms with Crippen LogP contribution in [0.15, 0.2) is 53.5 Å². The topological polar surface area (TPSA) is 79.3 Å². The summed E-state index contributed by atoms with van der Waals surface area (Å²) < 4.78 is 33.4. The van der Waals surface area contributed by atoms with Crippen molar-refractivity contribution < 1.29 is 18.6 Å². The lowest BCUT2D eigenvalue weighted by atomic mass is 9.99. The van der Waals surface area contributed by atoms with Gasteiger partial charge >= 0.3 is 0 Å². The number of nitrogens with two attached hydrogens (primary N) is 1. The Balaban J connectivity index is 2.56. The van der Waals surface area contributed by atoms with E-state index in [1.54, 1.807) is 13.8 Å². The van der Waals surface area contributed by atoms with Crippen LogP contribution in [-0.2, 0) is 0 Å². The third-order valence-corrected chi connectivity index (χ3v) is 3.92. The maximum absolute atomic E-state index is 14.2. The quantitative estimate of drug-likeness (QED) is 0.834. The molecule has 24 heavy (non-hydrogen) atoms. The molecule has 2 rings (SSSR count). The van der Waals surface area contributed by atoms with Crippen molar-refractivity contribution in [3.63, 3.8) is 0 Å². The summed E-state index contributed by atoms with van der Waals surface area (Å²) in [6, 6.07) is 5.36. The first-order valence-electron chi connectivity index (χ1n) is 7.34. The zero-order valence-electron chi connectivity index (χ0n) is 13.4. The zero-order valence-corrected chi connectivity index (χ0v) is 13.4. The van der Waals surface area contributed by atoms with Gasteiger partial charge in [0.2, 0.25) is 0 Å². The number of halogens is 2. The summed E-state index contributed by atoms with van der Waals surface area (Å²) in [6.07, 6.45) is -1.55. The Morgan fingerprint density at radius 1 is 1.42 bits per heavy atom. The van der Waals surface area contributed by atoms with E-state index in [1.165, 1.54) is 12.1 Å². The molecule has 1 aromatic carbocycles. The van der Waals surface area contributed by atoms with E-state index in [9.17, 15) is 13.9 Å². The predicted molar refractivity (Wildman–Crippen MR) is 85.9 cm³/mol. The molecule has 3 atom stereocenters. The van der Waals surface area contributed by atoms with E-state index in [4.69, 9.17) is 15.7 Å². The number of hydrogen-bond acceptors (Lipinski definition) is 4. The normalized spacial score (nSPS) is 27.4. The van der Waals surface area contributed by atoms with Crippen molar-refractivity contribution in [3.8, 4) is 11.8 Å². The number of allylic oxidation sites excluding steroid dienone is 2. The standard InChI is InChI=1S/C18H18F2N2O2/c1-4-14(24-13-6-11(8-21)5-12(19)7-13)15-9(2)17(20)18(23)16(15)10(3)22/h4-7,9,17-18,23H,1,22H2,2-3H3/b15-14+,16-10-. The van der Waals surface area contributed by atoms with E-state index in [1.807, 2.05) is 6.07 Å². The number of nitrogens with zero attached hydrogens (tertiary/aromatic N) is 1. The highest BCUT2D eigenvalue weighted by molar-refractivity contribution is 5.50. The molecule has 0 bridgehead atoms. The molecule has 126 valence electrons. The summed E-state index contributed by atoms with van der Waals surface area (Å²) in [5.74, 6) is -1.07. The van der Waals surface area contributed by atoms with Gasteiger partial charge in [0.15, 0.2) is 0 Å². The summed E-state index contributed by atoms with van der Waals surface area (Å²) in [6.45, 7) is 6.79. The monoisotopic (exact) mass is 332 g/mol. The fraction of sp³-hybridized carbons (Fsp3) is 0.278. The molecule has 0 aliphatic heterocycles. The van der Waals surface area contributed by atoms with Crippen LogP contribution in [0.25, 0.3) is 0 Å². The molecule has 3 N–H and O–H groups in total. The molecule has 1 aliphatic carbocycles. The third kappa shape index (κ3) is 3.17. The molecule has 1 saturated carbocycles. The van der Waals surface area contributed by atoms with E-state index >= 15 is 0 Å². The molecule has 0 spiro atoms. The lowest BCUT2D eigenvalue weighted by Crippen LogP contribution is -2.20. The molecular weight excluding hydrogens is 314 g/mol. The first kappa shape index (κ1) is 17.7. The van der Waals surface area contributed by atoms with Crippen LogP contribution in [0.1, 0.15) is 19.4 Å². The molecule has 0 amide bonds. The average molecular weight is 332 g/mol. The Hall–Kier alpha value is -2.65. The van der Waals surface area contributed by atoms with Gasteiger partial charge < -0.3 is 15.6 Å². The van der Waals surface area contributed by atoms with Crippen molar-refractivity contribution in [1.82, 2.24) is 0 Å². The molecule has 0 heterocycles. The maximum Gasteiger partial charge on any atom is 0.137 e. The van der Waals surface area contributed by atoms with Gasteiger partial charge in [-0.25, -0.2) is 8.78 Å². The van der Waals surface area contributed by atoms with E-state index < -0.39 is 24.0 Å². The van der Waals surface area contributed by atoms with Crippen LogP contribution in [0.3, 0.4) is 0 Å². The lowest BCUT2D eigenvalue weighted by Gasteiger charge is -2.15. The first-order valence-corrected chi connectivity index (χ1v) is 7.34. The summed E-state index contributed by atoms with van der Waals surface area (Å²) in [4.78, 5) is 0. The zero-order chi connectivity index (χ0) is 18.0. The minimum atomic E-state index is -1.53. The van der Waals surface area contributed by atoms with Crippen molar-refractivity contribution in [1.29, 1.82) is 5.26 Å². The first-order chi connectivity index (χ1) is 11.3. The van der Waals surface area contributed by atoms with Gasteiger partial charge in [0, 0.05) is 28.8 Å². The van der Waals surface area contributed by atoms with Gasteiger partial charge in [-0.3, -0.25) is 0 Å². The molecule has 4 nitrogen and oxygen atoms in total. The van der Waals surface area contributed by atoms with Crippen LogP contribution < -0.4 is 10.5 Å². The van der Waals surface area contributed by atoms with Gasteiger partial charge in [-0.05, 0) is 25.1 Å². The minimum absolute atomic E-state index is 0.0759. The molecule has 3 unspecified atom stereocenters. The van der Waals surface area contributed by atoms with Crippen LogP contribution in [0.4, 0.5) is 8.78 Å². The predicted octanol–water partition coefficient (Wildman–Crippen LogP) is 3.10. The van der Waals surface area contributed by atoms with Gasteiger partial charge in [0.05, 0.1) is 11.6 Å². The largest absolute Gasteiger partial charge is 0.457 e. The Morgan fingerprint density at radius 3 is 2.62 bits per heavy atom. The van der Waals surface area contributed by atoms with Gasteiger partial charge in [0.1, 0.15) is 29.6 Å². The van der Waals surface area contributed by atoms with Crippen LogP contribution in [0.5, 0.6) is 5.75 Å². The van der Waals surface area contributed by atoms with E-state index in [0.717, 1.165) is 12.1 Å². The number of hydrogen-bond donors (Lipinski definition) is 2. The molecule has 1 aliphatic rings. The summed E-state index contributed by atoms with van der Waals surface area (Å²) >= 11 is 0. The second-order valence-corrected chi connectivity index (χ2v) is 5.65. The van der Waals surface area contributed by atoms with Crippen molar-refractivity contribution in [2.24, 2.45) is 11.7 Å². The van der Waals surface area contributed by atoms with Gasteiger partial charge in [0.25, 0.3) is 0 Å². The van der Waals surface area contributed by atoms with Crippen LogP contribution in [0, 0.1) is 23.1 Å². The van der Waals surface area contributed by atoms with Crippen molar-refractivity contribution in [2.75, 3.05) is 0 Å². The molecular formula is C18H18F2N2O2. The third-order valence-electron chi connectivity index (χ3n) is 3.92. The van der Waals surface area contributed by atoms with Crippen molar-refractivity contribution >= 4 is 0 Å². The number of benzene rings is 1. The molecule has 0 aromatic heterocycles. The summed E-state index contributed by atoms with van der Waals surface area (Å²) in [7, 11) is 0. The van der Waals surface area contributed by atoms with Gasteiger partial charge in [-0.2, -0.15) is 5.26 Å². The SMILES string of the molecule is C=C/C(Oc1cc(F)cc(C#N)c1)=C1\C(=C(/C)N)C(O)C(F)C1C. The highest BCUT2D eigenvalue weighted by Crippen LogP contribution is 2.41. The Bertz CT molecular complexity index is 774. The molecule has 1 fully saturated rings. The van der Waals surface area contributed by atoms with E-state index in [0.29, 0.717) is 5.57 Å². The van der Waals surface area contributed by atoms with Gasteiger partial charge in [-0.15, -0.1) is 0 Å². The molecule has 1 aromatic rings. The number of aliphatic hydroxyl groups is 1. The fourth-order valence-corrected chi connectivity index (χ4v) is 2.82. The Labute approximate surface area is 139 Å². The van der Waals surface area contributed by atoms with E-state index in [2.05, 4.69) is 6.58 Å². The second kappa shape index (κ2) is 6.85. The number of nitriles is 1. The summed E-state index contributed by atoms with van der Waals surface area (Å²) in [5.41, 5.74) is 6.78. The highest BCUT2D eigenvalue weighted by atomic mass is 19.1. The smallest absolute Gasteiger partial charge is 0.137 e. The van der Waals surface area contributed by atoms with E-state index in [-0.39, 0.29) is 28.3 Å². The van der Waals surface area contributed by atoms with Crippen LogP contribution in [0.2, 0.25) is 0 Å². The highest BCUT2D eigenvalue weighted by Gasteiger charge is 2.43. The second-order valence-electron chi connectivity index (χ2n) is 5.65. The fourth-order valence-electron chi connectivity index (χ4n) is 2.82. The number of aliphatic hydroxyl groups excluding tert-OH is 1. The lowest BCUT2D eigenvalue weighted by molar-refractivity contribution is 0.107. The molecule has 6 heteroatoms. The maximum atomic E-state index is 14.2. The number of alkyl halides is 1. The average Bonchev–Trinajstić information content (AvgIpc) is 2.76. The number of rotatable bonds is 3. The summed E-state index contributed by atoms with van der Waals surface area (Å²) in [5, 5.41) is 19.0. The molecule has 0 saturated heterocycles. The minimum Gasteiger partial charge on any atom is -0.457 e. The molecule has 0 radical (unpaired) electrons. The van der Waals surface area contributed by atoms with Gasteiger partial charge in [-0.1, -0.05) is 13.5 Å².